The van der Waals surface area contributed by atoms with E-state index in [2.05, 4.69) is 10.3 Å². The fourth-order valence-corrected chi connectivity index (χ4v) is 2.29. The molecule has 19 heavy (non-hydrogen) atoms. The highest BCUT2D eigenvalue weighted by atomic mass is 16.5. The number of hydrogen-bond acceptors (Lipinski definition) is 4. The fraction of sp³-hybridized carbons (Fsp3) is 0.571. The summed E-state index contributed by atoms with van der Waals surface area (Å²) >= 11 is 0. The second kappa shape index (κ2) is 6.52. The summed E-state index contributed by atoms with van der Waals surface area (Å²) in [5, 5.41) is 3.15. The monoisotopic (exact) mass is 263 g/mol. The number of hydrogen-bond donors (Lipinski definition) is 1. The molecule has 1 fully saturated rings. The largest absolute Gasteiger partial charge is 0.497 e. The first-order valence-electron chi connectivity index (χ1n) is 6.69. The van der Waals surface area contributed by atoms with Crippen LogP contribution in [0.1, 0.15) is 24.2 Å². The molecule has 5 nitrogen and oxygen atoms in total. The highest BCUT2D eigenvalue weighted by Gasteiger charge is 2.16. The molecule has 1 aliphatic heterocycles. The Kier molecular flexibility index (Phi) is 4.74. The van der Waals surface area contributed by atoms with E-state index in [0.717, 1.165) is 43.1 Å². The van der Waals surface area contributed by atoms with E-state index in [0.29, 0.717) is 13.1 Å². The summed E-state index contributed by atoms with van der Waals surface area (Å²) in [4.78, 5) is 18.2. The number of aromatic nitrogens is 1. The van der Waals surface area contributed by atoms with Gasteiger partial charge in [0.2, 0.25) is 5.91 Å². The molecular formula is C14H21N3O2. The summed E-state index contributed by atoms with van der Waals surface area (Å²) in [6.07, 6.45) is 2.25. The van der Waals surface area contributed by atoms with Gasteiger partial charge in [-0.1, -0.05) is 0 Å². The zero-order chi connectivity index (χ0) is 13.7. The molecule has 0 aromatic carbocycles. The number of pyridine rings is 1. The molecule has 1 aliphatic rings. The van der Waals surface area contributed by atoms with Crippen molar-refractivity contribution in [3.63, 3.8) is 0 Å². The smallest absolute Gasteiger partial charge is 0.236 e. The number of rotatable bonds is 5. The van der Waals surface area contributed by atoms with Gasteiger partial charge in [-0.05, 0) is 19.8 Å². The molecule has 104 valence electrons. The predicted molar refractivity (Wildman–Crippen MR) is 73.0 cm³/mol. The van der Waals surface area contributed by atoms with Crippen LogP contribution in [0.25, 0.3) is 0 Å². The van der Waals surface area contributed by atoms with Gasteiger partial charge in [0.15, 0.2) is 0 Å². The van der Waals surface area contributed by atoms with Gasteiger partial charge in [-0.3, -0.25) is 9.78 Å². The number of aryl methyl sites for hydroxylation is 1. The van der Waals surface area contributed by atoms with Crippen LogP contribution < -0.4 is 10.1 Å². The maximum Gasteiger partial charge on any atom is 0.236 e. The van der Waals surface area contributed by atoms with E-state index >= 15 is 0 Å². The maximum absolute atomic E-state index is 11.8. The molecule has 0 radical (unpaired) electrons. The molecule has 2 heterocycles. The summed E-state index contributed by atoms with van der Waals surface area (Å²) in [6.45, 7) is 4.69. The quantitative estimate of drug-likeness (QED) is 0.864. The third kappa shape index (κ3) is 3.92. The first-order chi connectivity index (χ1) is 9.19. The third-order valence-corrected chi connectivity index (χ3v) is 3.26. The molecular weight excluding hydrogens is 242 g/mol. The SMILES string of the molecule is COc1cc(C)nc(CNCC(=O)N2CCCC2)c1. The Morgan fingerprint density at radius 2 is 2.16 bits per heavy atom. The Balaban J connectivity index is 1.81. The molecule has 0 unspecified atom stereocenters. The standard InChI is InChI=1S/C14H21N3O2/c1-11-7-13(19-2)8-12(16-11)9-15-10-14(18)17-5-3-4-6-17/h7-8,15H,3-6,9-10H2,1-2H3. The number of amides is 1. The Morgan fingerprint density at radius 1 is 1.42 bits per heavy atom. The fourth-order valence-electron chi connectivity index (χ4n) is 2.29. The number of carbonyl (C=O) groups is 1. The molecule has 0 atom stereocenters. The summed E-state index contributed by atoms with van der Waals surface area (Å²) in [5.41, 5.74) is 1.81. The molecule has 0 bridgehead atoms. The number of likely N-dealkylation sites (tertiary alicyclic amines) is 1. The van der Waals surface area contributed by atoms with Crippen molar-refractivity contribution < 1.29 is 9.53 Å². The highest BCUT2D eigenvalue weighted by molar-refractivity contribution is 5.78. The lowest BCUT2D eigenvalue weighted by Gasteiger charge is -2.15. The second-order valence-electron chi connectivity index (χ2n) is 4.83. The number of methoxy groups -OCH3 is 1. The van der Waals surface area contributed by atoms with Crippen molar-refractivity contribution in [1.29, 1.82) is 0 Å². The first kappa shape index (κ1) is 13.8. The van der Waals surface area contributed by atoms with E-state index in [1.807, 2.05) is 24.0 Å². The Labute approximate surface area is 114 Å². The van der Waals surface area contributed by atoms with Gasteiger partial charge in [0.05, 0.1) is 19.3 Å². The van der Waals surface area contributed by atoms with Gasteiger partial charge in [0, 0.05) is 37.5 Å². The van der Waals surface area contributed by atoms with Crippen LogP contribution in [0.4, 0.5) is 0 Å². The van der Waals surface area contributed by atoms with E-state index in [9.17, 15) is 4.79 Å². The highest BCUT2D eigenvalue weighted by Crippen LogP contribution is 2.13. The maximum atomic E-state index is 11.8. The zero-order valence-electron chi connectivity index (χ0n) is 11.6. The van der Waals surface area contributed by atoms with Crippen molar-refractivity contribution in [3.05, 3.63) is 23.5 Å². The van der Waals surface area contributed by atoms with Crippen LogP contribution in [-0.2, 0) is 11.3 Å². The molecule has 2 rings (SSSR count). The Hall–Kier alpha value is -1.62. The van der Waals surface area contributed by atoms with Crippen LogP contribution in [0.15, 0.2) is 12.1 Å². The van der Waals surface area contributed by atoms with Crippen molar-refractivity contribution in [2.45, 2.75) is 26.3 Å². The van der Waals surface area contributed by atoms with E-state index < -0.39 is 0 Å². The van der Waals surface area contributed by atoms with Crippen LogP contribution in [0.2, 0.25) is 0 Å². The number of carbonyl (C=O) groups excluding carboxylic acids is 1. The normalized spacial score (nSPS) is 14.7. The minimum Gasteiger partial charge on any atom is -0.497 e. The van der Waals surface area contributed by atoms with Gasteiger partial charge >= 0.3 is 0 Å². The first-order valence-corrected chi connectivity index (χ1v) is 6.69. The van der Waals surface area contributed by atoms with Crippen molar-refractivity contribution >= 4 is 5.91 Å². The van der Waals surface area contributed by atoms with Crippen LogP contribution in [0.5, 0.6) is 5.75 Å². The van der Waals surface area contributed by atoms with Gasteiger partial charge in [0.25, 0.3) is 0 Å². The number of ether oxygens (including phenoxy) is 1. The number of nitrogens with one attached hydrogen (secondary N) is 1. The minimum atomic E-state index is 0.178. The predicted octanol–water partition coefficient (Wildman–Crippen LogP) is 1.11. The van der Waals surface area contributed by atoms with Crippen LogP contribution in [0.3, 0.4) is 0 Å². The van der Waals surface area contributed by atoms with E-state index in [4.69, 9.17) is 4.74 Å². The average Bonchev–Trinajstić information content (AvgIpc) is 2.92. The van der Waals surface area contributed by atoms with E-state index in [1.54, 1.807) is 7.11 Å². The van der Waals surface area contributed by atoms with Gasteiger partial charge in [0.1, 0.15) is 5.75 Å². The zero-order valence-corrected chi connectivity index (χ0v) is 11.6. The summed E-state index contributed by atoms with van der Waals surface area (Å²) in [7, 11) is 1.64. The molecule has 1 aromatic heterocycles. The molecule has 1 amide bonds. The van der Waals surface area contributed by atoms with Gasteiger partial charge in [-0.15, -0.1) is 0 Å². The lowest BCUT2D eigenvalue weighted by atomic mass is 10.3. The van der Waals surface area contributed by atoms with Crippen LogP contribution in [0, 0.1) is 6.92 Å². The van der Waals surface area contributed by atoms with Crippen LogP contribution in [-0.4, -0.2) is 42.5 Å². The topological polar surface area (TPSA) is 54.5 Å². The van der Waals surface area contributed by atoms with Gasteiger partial charge in [-0.2, -0.15) is 0 Å². The number of nitrogens with zero attached hydrogens (tertiary/aromatic N) is 2. The van der Waals surface area contributed by atoms with Crippen molar-refractivity contribution in [2.24, 2.45) is 0 Å². The third-order valence-electron chi connectivity index (χ3n) is 3.26. The molecule has 1 aromatic rings. The summed E-state index contributed by atoms with van der Waals surface area (Å²) < 4.78 is 5.20. The molecule has 0 spiro atoms. The molecule has 0 saturated carbocycles. The van der Waals surface area contributed by atoms with E-state index in [1.165, 1.54) is 0 Å². The summed E-state index contributed by atoms with van der Waals surface area (Å²) in [6, 6.07) is 3.78. The molecule has 0 aliphatic carbocycles. The van der Waals surface area contributed by atoms with E-state index in [-0.39, 0.29) is 5.91 Å². The Morgan fingerprint density at radius 3 is 2.84 bits per heavy atom. The lowest BCUT2D eigenvalue weighted by molar-refractivity contribution is -0.129. The van der Waals surface area contributed by atoms with Crippen molar-refractivity contribution in [1.82, 2.24) is 15.2 Å². The van der Waals surface area contributed by atoms with Crippen molar-refractivity contribution in [2.75, 3.05) is 26.7 Å². The minimum absolute atomic E-state index is 0.178. The lowest BCUT2D eigenvalue weighted by Crippen LogP contribution is -2.36. The van der Waals surface area contributed by atoms with Crippen molar-refractivity contribution in [3.8, 4) is 5.75 Å². The molecule has 5 heteroatoms. The second-order valence-corrected chi connectivity index (χ2v) is 4.83. The van der Waals surface area contributed by atoms with Crippen LogP contribution >= 0.6 is 0 Å². The van der Waals surface area contributed by atoms with Gasteiger partial charge < -0.3 is 15.0 Å². The molecule has 1 saturated heterocycles. The Bertz CT molecular complexity index is 442. The molecule has 1 N–H and O–H groups in total. The van der Waals surface area contributed by atoms with Gasteiger partial charge in [-0.25, -0.2) is 0 Å². The summed E-state index contributed by atoms with van der Waals surface area (Å²) in [5.74, 6) is 0.979. The average molecular weight is 263 g/mol.